The maximum Gasteiger partial charge on any atom is 0.323 e. The predicted octanol–water partition coefficient (Wildman–Crippen LogP) is 1.89. The topological polar surface area (TPSA) is 75.3 Å². The molecule has 1 spiro atoms. The number of nitrogens with one attached hydrogen (secondary N) is 1. The van der Waals surface area contributed by atoms with E-state index in [4.69, 9.17) is 36.3 Å². The highest BCUT2D eigenvalue weighted by atomic mass is 32.1. The molecule has 156 valence electrons. The van der Waals surface area contributed by atoms with Crippen LogP contribution >= 0.6 is 12.6 Å². The van der Waals surface area contributed by atoms with Crippen molar-refractivity contribution in [3.63, 3.8) is 0 Å². The molecule has 7 nitrogen and oxygen atoms in total. The summed E-state index contributed by atoms with van der Waals surface area (Å²) < 4.78 is 29.3. The average Bonchev–Trinajstić information content (AvgIpc) is 3.15. The molecule has 3 rings (SSSR count). The van der Waals surface area contributed by atoms with Gasteiger partial charge in [0.1, 0.15) is 24.4 Å². The summed E-state index contributed by atoms with van der Waals surface area (Å²) in [7, 11) is 3.06. The first-order valence-corrected chi connectivity index (χ1v) is 10.5. The van der Waals surface area contributed by atoms with Crippen molar-refractivity contribution in [3.8, 4) is 0 Å². The summed E-state index contributed by atoms with van der Waals surface area (Å²) in [6, 6.07) is -0.385. The van der Waals surface area contributed by atoms with Crippen molar-refractivity contribution in [2.24, 2.45) is 5.92 Å². The number of carbonyl (C=O) groups excluding carboxylic acids is 1. The Morgan fingerprint density at radius 3 is 2.52 bits per heavy atom. The molecule has 3 aliphatic rings. The van der Waals surface area contributed by atoms with Crippen LogP contribution in [0.2, 0.25) is 0 Å². The van der Waals surface area contributed by atoms with E-state index in [9.17, 15) is 4.79 Å². The highest BCUT2D eigenvalue weighted by Crippen LogP contribution is 2.46. The summed E-state index contributed by atoms with van der Waals surface area (Å²) in [5, 5.41) is 3.07. The van der Waals surface area contributed by atoms with Gasteiger partial charge in [0.2, 0.25) is 0 Å². The molecule has 0 radical (unpaired) electrons. The Hall–Kier alpha value is -0.380. The van der Waals surface area contributed by atoms with Crippen LogP contribution in [0, 0.1) is 5.92 Å². The number of carbonyl (C=O) groups is 1. The van der Waals surface area contributed by atoms with E-state index in [0.29, 0.717) is 6.54 Å². The lowest BCUT2D eigenvalue weighted by Gasteiger charge is -2.34. The van der Waals surface area contributed by atoms with Crippen molar-refractivity contribution in [3.05, 3.63) is 0 Å². The van der Waals surface area contributed by atoms with Crippen LogP contribution in [-0.4, -0.2) is 68.4 Å². The van der Waals surface area contributed by atoms with Crippen LogP contribution in [0.5, 0.6) is 0 Å². The Kier molecular flexibility index (Phi) is 7.08. The summed E-state index contributed by atoms with van der Waals surface area (Å²) in [5.41, 5.74) is 0. The van der Waals surface area contributed by atoms with Crippen LogP contribution in [0.4, 0.5) is 0 Å². The zero-order valence-corrected chi connectivity index (χ0v) is 17.6. The van der Waals surface area contributed by atoms with Gasteiger partial charge in [-0.3, -0.25) is 4.79 Å². The number of methoxy groups -OCH3 is 2. The van der Waals surface area contributed by atoms with E-state index in [2.05, 4.69) is 5.32 Å². The highest BCUT2D eigenvalue weighted by Gasteiger charge is 2.59. The normalized spacial score (nSPS) is 34.6. The molecule has 1 aliphatic carbocycles. The summed E-state index contributed by atoms with van der Waals surface area (Å²) >= 11 is 4.71. The van der Waals surface area contributed by atoms with Gasteiger partial charge in [0.05, 0.1) is 7.11 Å². The first-order chi connectivity index (χ1) is 12.9. The Morgan fingerprint density at radius 1 is 1.22 bits per heavy atom. The van der Waals surface area contributed by atoms with Crippen LogP contribution in [0.15, 0.2) is 0 Å². The Morgan fingerprint density at radius 2 is 1.93 bits per heavy atom. The fourth-order valence-corrected chi connectivity index (χ4v) is 4.69. The molecule has 0 aromatic carbocycles. The Balaban J connectivity index is 1.58. The second-order valence-electron chi connectivity index (χ2n) is 8.06. The van der Waals surface area contributed by atoms with Gasteiger partial charge in [-0.1, -0.05) is 20.3 Å². The van der Waals surface area contributed by atoms with Gasteiger partial charge >= 0.3 is 5.97 Å². The van der Waals surface area contributed by atoms with E-state index in [1.807, 2.05) is 13.8 Å². The van der Waals surface area contributed by atoms with E-state index in [-0.39, 0.29) is 41.5 Å². The van der Waals surface area contributed by atoms with Gasteiger partial charge in [0.25, 0.3) is 0 Å². The molecule has 0 aromatic heterocycles. The number of ether oxygens (including phenoxy) is 5. The average molecular weight is 404 g/mol. The van der Waals surface area contributed by atoms with E-state index in [0.717, 1.165) is 25.7 Å². The van der Waals surface area contributed by atoms with Gasteiger partial charge in [-0.25, -0.2) is 0 Å². The van der Waals surface area contributed by atoms with E-state index >= 15 is 0 Å². The van der Waals surface area contributed by atoms with Crippen LogP contribution in [0.1, 0.15) is 46.0 Å². The first-order valence-electron chi connectivity index (χ1n) is 9.94. The number of fused-ring (bicyclic) bond motifs is 1. The standard InChI is InChI=1S/C19H33NO6S/c1-11(2)13(17(21)23-4)20-10-12(27)14-15(22-3)16-18(24-14)26-19(25-16)8-6-5-7-9-19/h11-16,18,20,27H,5-10H2,1-4H3/t12-,13?,14+,15-,16+,18+/m0/s1. The van der Waals surface area contributed by atoms with Gasteiger partial charge in [-0.05, 0) is 18.8 Å². The zero-order chi connectivity index (χ0) is 19.6. The molecule has 0 aromatic rings. The number of hydrogen-bond acceptors (Lipinski definition) is 8. The lowest BCUT2D eigenvalue weighted by Crippen LogP contribution is -2.49. The van der Waals surface area contributed by atoms with Crippen molar-refractivity contribution in [2.45, 2.75) is 87.6 Å². The summed E-state index contributed by atoms with van der Waals surface area (Å²) in [6.45, 7) is 4.43. The SMILES string of the molecule is COC(=O)C(NC[C@H](S)[C@H]1O[C@@H]2OC3(CCCCC3)O[C@@H]2[C@H]1OC)C(C)C. The maximum absolute atomic E-state index is 11.9. The molecule has 1 saturated carbocycles. The Labute approximate surface area is 167 Å². The predicted molar refractivity (Wildman–Crippen MR) is 103 cm³/mol. The van der Waals surface area contributed by atoms with Gasteiger partial charge in [0, 0.05) is 31.7 Å². The zero-order valence-electron chi connectivity index (χ0n) is 16.7. The van der Waals surface area contributed by atoms with Crippen LogP contribution in [0.3, 0.4) is 0 Å². The molecule has 2 heterocycles. The van der Waals surface area contributed by atoms with E-state index in [1.54, 1.807) is 7.11 Å². The second kappa shape index (κ2) is 8.97. The number of esters is 1. The molecule has 2 aliphatic heterocycles. The smallest absolute Gasteiger partial charge is 0.323 e. The molecular formula is C19H33NO6S. The monoisotopic (exact) mass is 403 g/mol. The quantitative estimate of drug-likeness (QED) is 0.497. The molecule has 0 bridgehead atoms. The molecule has 1 unspecified atom stereocenters. The fourth-order valence-electron chi connectivity index (χ4n) is 4.34. The number of rotatable bonds is 7. The molecule has 3 fully saturated rings. The van der Waals surface area contributed by atoms with Gasteiger partial charge in [-0.15, -0.1) is 0 Å². The van der Waals surface area contributed by atoms with E-state index in [1.165, 1.54) is 13.5 Å². The molecule has 2 saturated heterocycles. The van der Waals surface area contributed by atoms with Crippen molar-refractivity contribution >= 4 is 18.6 Å². The molecule has 0 amide bonds. The van der Waals surface area contributed by atoms with Gasteiger partial charge in [0.15, 0.2) is 12.1 Å². The maximum atomic E-state index is 11.9. The van der Waals surface area contributed by atoms with Crippen molar-refractivity contribution in [2.75, 3.05) is 20.8 Å². The molecule has 27 heavy (non-hydrogen) atoms. The van der Waals surface area contributed by atoms with E-state index < -0.39 is 12.1 Å². The number of thiol groups is 1. The van der Waals surface area contributed by atoms with Crippen LogP contribution in [-0.2, 0) is 28.5 Å². The minimum absolute atomic E-state index is 0.109. The van der Waals surface area contributed by atoms with Crippen LogP contribution < -0.4 is 5.32 Å². The third-order valence-electron chi connectivity index (χ3n) is 5.82. The molecular weight excluding hydrogens is 370 g/mol. The van der Waals surface area contributed by atoms with Gasteiger partial charge in [-0.2, -0.15) is 12.6 Å². The Bertz CT molecular complexity index is 512. The molecule has 6 atom stereocenters. The molecule has 8 heteroatoms. The third kappa shape index (κ3) is 4.46. The third-order valence-corrected chi connectivity index (χ3v) is 6.30. The largest absolute Gasteiger partial charge is 0.468 e. The summed E-state index contributed by atoms with van der Waals surface area (Å²) in [6.07, 6.45) is 4.07. The fraction of sp³-hybridized carbons (Fsp3) is 0.947. The van der Waals surface area contributed by atoms with Crippen LogP contribution in [0.25, 0.3) is 0 Å². The molecule has 1 N–H and O–H groups in total. The summed E-state index contributed by atoms with van der Waals surface area (Å²) in [5.74, 6) is -0.672. The van der Waals surface area contributed by atoms with Crippen molar-refractivity contribution in [1.82, 2.24) is 5.32 Å². The minimum Gasteiger partial charge on any atom is -0.468 e. The van der Waals surface area contributed by atoms with Crippen molar-refractivity contribution < 1.29 is 28.5 Å². The lowest BCUT2D eigenvalue weighted by atomic mass is 9.94. The highest BCUT2D eigenvalue weighted by molar-refractivity contribution is 7.81. The second-order valence-corrected chi connectivity index (χ2v) is 8.72. The van der Waals surface area contributed by atoms with Crippen molar-refractivity contribution in [1.29, 1.82) is 0 Å². The lowest BCUT2D eigenvalue weighted by molar-refractivity contribution is -0.246. The number of hydrogen-bond donors (Lipinski definition) is 2. The minimum atomic E-state index is -0.507. The first kappa shape index (κ1) is 21.3. The summed E-state index contributed by atoms with van der Waals surface area (Å²) in [4.78, 5) is 11.9. The van der Waals surface area contributed by atoms with Gasteiger partial charge < -0.3 is 29.0 Å².